The van der Waals surface area contributed by atoms with Crippen molar-refractivity contribution in [1.29, 1.82) is 0 Å². The molecule has 25 heavy (non-hydrogen) atoms. The summed E-state index contributed by atoms with van der Waals surface area (Å²) < 4.78 is 1.64. The van der Waals surface area contributed by atoms with Crippen molar-refractivity contribution in [3.8, 4) is 0 Å². The highest BCUT2D eigenvalue weighted by Gasteiger charge is 2.47. The maximum Gasteiger partial charge on any atom is 0.266 e. The first-order valence-corrected chi connectivity index (χ1v) is 8.94. The van der Waals surface area contributed by atoms with E-state index in [0.717, 1.165) is 36.2 Å². The fraction of sp³-hybridized carbons (Fsp3) is 0.611. The molecule has 2 saturated carbocycles. The van der Waals surface area contributed by atoms with E-state index in [1.54, 1.807) is 4.52 Å². The number of aromatic amines is 1. The molecule has 2 aliphatic carbocycles. The zero-order valence-corrected chi connectivity index (χ0v) is 14.6. The van der Waals surface area contributed by atoms with Crippen LogP contribution in [-0.2, 0) is 11.2 Å². The number of fused-ring (bicyclic) bond motifs is 2. The Balaban J connectivity index is 1.46. The number of aliphatic hydroxyl groups excluding tert-OH is 1. The van der Waals surface area contributed by atoms with Gasteiger partial charge in [-0.1, -0.05) is 0 Å². The number of hydrogen-bond donors (Lipinski definition) is 3. The highest BCUT2D eigenvalue weighted by atomic mass is 16.3. The van der Waals surface area contributed by atoms with Crippen LogP contribution in [0, 0.1) is 31.6 Å². The number of amides is 1. The lowest BCUT2D eigenvalue weighted by atomic mass is 9.71. The summed E-state index contributed by atoms with van der Waals surface area (Å²) in [6.07, 6.45) is 3.39. The van der Waals surface area contributed by atoms with Gasteiger partial charge in [0.05, 0.1) is 6.42 Å². The average molecular weight is 344 g/mol. The molecule has 2 aromatic heterocycles. The summed E-state index contributed by atoms with van der Waals surface area (Å²) >= 11 is 0. The standard InChI is InChI=1S/C18H24N4O3/c1-9-13(10(2)22-16(19-9)7-18(25)21-22)6-17(24)20-15-5-12-3-11(8-23)4-14(12)15/h7,11-12,14-15,23H,3-6,8H2,1-2H3,(H,20,24)(H,21,25)/t11?,12-,14-,15+/m0/s1. The summed E-state index contributed by atoms with van der Waals surface area (Å²) in [5.41, 5.74) is 2.85. The van der Waals surface area contributed by atoms with Crippen LogP contribution >= 0.6 is 0 Å². The van der Waals surface area contributed by atoms with Crippen molar-refractivity contribution in [1.82, 2.24) is 19.9 Å². The number of nitrogens with one attached hydrogen (secondary N) is 2. The summed E-state index contributed by atoms with van der Waals surface area (Å²) in [4.78, 5) is 28.5. The van der Waals surface area contributed by atoms with E-state index in [2.05, 4.69) is 15.4 Å². The summed E-state index contributed by atoms with van der Waals surface area (Å²) in [5.74, 6) is 1.58. The molecule has 2 fully saturated rings. The lowest BCUT2D eigenvalue weighted by Gasteiger charge is -2.41. The van der Waals surface area contributed by atoms with Crippen molar-refractivity contribution in [2.75, 3.05) is 6.61 Å². The van der Waals surface area contributed by atoms with Gasteiger partial charge in [0.2, 0.25) is 5.91 Å². The second-order valence-electron chi connectivity index (χ2n) is 7.61. The molecular formula is C18H24N4O3. The summed E-state index contributed by atoms with van der Waals surface area (Å²) in [6.45, 7) is 4.02. The van der Waals surface area contributed by atoms with Crippen LogP contribution in [0.4, 0.5) is 0 Å². The second kappa shape index (κ2) is 5.98. The van der Waals surface area contributed by atoms with Crippen molar-refractivity contribution >= 4 is 11.6 Å². The molecule has 4 rings (SSSR count). The van der Waals surface area contributed by atoms with E-state index < -0.39 is 0 Å². The number of nitrogens with zero attached hydrogens (tertiary/aromatic N) is 2. The first-order chi connectivity index (χ1) is 12.0. The van der Waals surface area contributed by atoms with E-state index in [1.807, 2.05) is 13.8 Å². The summed E-state index contributed by atoms with van der Waals surface area (Å²) in [5, 5.41) is 15.2. The topological polar surface area (TPSA) is 99.5 Å². The first kappa shape index (κ1) is 16.3. The highest BCUT2D eigenvalue weighted by molar-refractivity contribution is 5.79. The van der Waals surface area contributed by atoms with Crippen LogP contribution in [0.25, 0.3) is 5.65 Å². The average Bonchev–Trinajstić information content (AvgIpc) is 3.09. The molecule has 0 bridgehead atoms. The number of carbonyl (C=O) groups excluding carboxylic acids is 1. The van der Waals surface area contributed by atoms with Crippen molar-refractivity contribution in [2.45, 2.75) is 45.6 Å². The van der Waals surface area contributed by atoms with Gasteiger partial charge in [0.1, 0.15) is 0 Å². The number of aryl methyl sites for hydroxylation is 2. The van der Waals surface area contributed by atoms with Gasteiger partial charge in [-0.3, -0.25) is 14.7 Å². The van der Waals surface area contributed by atoms with Gasteiger partial charge < -0.3 is 10.4 Å². The van der Waals surface area contributed by atoms with Crippen LogP contribution in [0.15, 0.2) is 10.9 Å². The minimum Gasteiger partial charge on any atom is -0.396 e. The Kier molecular flexibility index (Phi) is 3.91. The minimum absolute atomic E-state index is 0.00208. The number of aromatic nitrogens is 3. The second-order valence-corrected chi connectivity index (χ2v) is 7.61. The lowest BCUT2D eigenvalue weighted by Crippen LogP contribution is -2.50. The maximum absolute atomic E-state index is 12.5. The van der Waals surface area contributed by atoms with Crippen molar-refractivity contribution in [2.24, 2.45) is 17.8 Å². The molecule has 134 valence electrons. The molecule has 0 aliphatic heterocycles. The molecule has 0 saturated heterocycles. The third-order valence-electron chi connectivity index (χ3n) is 6.06. The van der Waals surface area contributed by atoms with E-state index in [1.165, 1.54) is 6.07 Å². The molecule has 2 aliphatic rings. The van der Waals surface area contributed by atoms with Gasteiger partial charge in [-0.2, -0.15) is 0 Å². The minimum atomic E-state index is -0.197. The Morgan fingerprint density at radius 1 is 1.40 bits per heavy atom. The lowest BCUT2D eigenvalue weighted by molar-refractivity contribution is -0.122. The predicted molar refractivity (Wildman–Crippen MR) is 92.3 cm³/mol. The van der Waals surface area contributed by atoms with Gasteiger partial charge >= 0.3 is 0 Å². The van der Waals surface area contributed by atoms with E-state index in [0.29, 0.717) is 23.4 Å². The number of aliphatic hydroxyl groups is 1. The number of hydrogen-bond acceptors (Lipinski definition) is 4. The Labute approximate surface area is 145 Å². The molecule has 3 N–H and O–H groups in total. The van der Waals surface area contributed by atoms with Gasteiger partial charge in [0.25, 0.3) is 5.56 Å². The van der Waals surface area contributed by atoms with Crippen LogP contribution in [-0.4, -0.2) is 38.3 Å². The van der Waals surface area contributed by atoms with Gasteiger partial charge in [-0.15, -0.1) is 0 Å². The molecule has 2 aromatic rings. The number of rotatable bonds is 4. The normalized spacial score (nSPS) is 28.0. The fourth-order valence-corrected chi connectivity index (χ4v) is 4.69. The highest BCUT2D eigenvalue weighted by Crippen LogP contribution is 2.49. The van der Waals surface area contributed by atoms with Gasteiger partial charge in [-0.05, 0) is 50.9 Å². The van der Waals surface area contributed by atoms with Crippen molar-refractivity contribution in [3.05, 3.63) is 33.4 Å². The SMILES string of the molecule is Cc1nc2cc(=O)[nH]n2c(C)c1CC(=O)N[C@@H]1C[C@@H]2CC(CO)C[C@@H]21. The van der Waals surface area contributed by atoms with Gasteiger partial charge in [0.15, 0.2) is 5.65 Å². The van der Waals surface area contributed by atoms with E-state index >= 15 is 0 Å². The largest absolute Gasteiger partial charge is 0.396 e. The Morgan fingerprint density at radius 2 is 2.20 bits per heavy atom. The molecule has 7 nitrogen and oxygen atoms in total. The molecule has 4 atom stereocenters. The zero-order valence-electron chi connectivity index (χ0n) is 14.6. The Bertz CT molecular complexity index is 884. The first-order valence-electron chi connectivity index (χ1n) is 8.94. The maximum atomic E-state index is 12.5. The Morgan fingerprint density at radius 3 is 2.96 bits per heavy atom. The molecule has 1 amide bonds. The third kappa shape index (κ3) is 2.76. The van der Waals surface area contributed by atoms with E-state index in [9.17, 15) is 14.7 Å². The van der Waals surface area contributed by atoms with Crippen LogP contribution in [0.5, 0.6) is 0 Å². The van der Waals surface area contributed by atoms with Crippen LogP contribution in [0.3, 0.4) is 0 Å². The van der Waals surface area contributed by atoms with Crippen molar-refractivity contribution < 1.29 is 9.90 Å². The zero-order chi connectivity index (χ0) is 17.7. The fourth-order valence-electron chi connectivity index (χ4n) is 4.69. The summed E-state index contributed by atoms with van der Waals surface area (Å²) in [6, 6.07) is 1.69. The monoisotopic (exact) mass is 344 g/mol. The smallest absolute Gasteiger partial charge is 0.266 e. The van der Waals surface area contributed by atoms with Crippen LogP contribution in [0.2, 0.25) is 0 Å². The van der Waals surface area contributed by atoms with E-state index in [4.69, 9.17) is 0 Å². The van der Waals surface area contributed by atoms with Crippen molar-refractivity contribution in [3.63, 3.8) is 0 Å². The molecule has 0 radical (unpaired) electrons. The van der Waals surface area contributed by atoms with Gasteiger partial charge in [-0.25, -0.2) is 9.50 Å². The van der Waals surface area contributed by atoms with Gasteiger partial charge in [0, 0.05) is 35.7 Å². The molecule has 0 spiro atoms. The number of H-pyrrole nitrogens is 1. The predicted octanol–water partition coefficient (Wildman–Crippen LogP) is 0.705. The Hall–Kier alpha value is -2.15. The van der Waals surface area contributed by atoms with E-state index in [-0.39, 0.29) is 30.5 Å². The molecule has 7 heteroatoms. The quantitative estimate of drug-likeness (QED) is 0.760. The molecule has 0 aromatic carbocycles. The number of carbonyl (C=O) groups is 1. The molecule has 1 unspecified atom stereocenters. The molecular weight excluding hydrogens is 320 g/mol. The molecule has 2 heterocycles. The van der Waals surface area contributed by atoms with Crippen LogP contribution < -0.4 is 10.9 Å². The summed E-state index contributed by atoms with van der Waals surface area (Å²) in [7, 11) is 0. The third-order valence-corrected chi connectivity index (χ3v) is 6.06. The van der Waals surface area contributed by atoms with Crippen LogP contribution in [0.1, 0.15) is 36.2 Å².